The zero-order valence-electron chi connectivity index (χ0n) is 19.9. The number of carbonyl (C=O) groups excluding carboxylic acids is 2. The Morgan fingerprint density at radius 2 is 1.65 bits per heavy atom. The Balaban J connectivity index is 1.61. The number of urea groups is 1. The summed E-state index contributed by atoms with van der Waals surface area (Å²) in [7, 11) is 0. The van der Waals surface area contributed by atoms with E-state index in [1.807, 2.05) is 19.9 Å². The highest BCUT2D eigenvalue weighted by molar-refractivity contribution is 6.35. The molecule has 2 aromatic carbocycles. The number of benzene rings is 2. The summed E-state index contributed by atoms with van der Waals surface area (Å²) >= 11 is 12.2. The maximum absolute atomic E-state index is 13.0. The second kappa shape index (κ2) is 8.97. The molecule has 4 rings (SSSR count). The second-order valence-electron chi connectivity index (χ2n) is 9.57. The van der Waals surface area contributed by atoms with Crippen molar-refractivity contribution in [2.24, 2.45) is 0 Å². The van der Waals surface area contributed by atoms with Crippen molar-refractivity contribution < 1.29 is 9.59 Å². The Morgan fingerprint density at radius 1 is 0.971 bits per heavy atom. The van der Waals surface area contributed by atoms with E-state index in [0.29, 0.717) is 15.6 Å². The van der Waals surface area contributed by atoms with Gasteiger partial charge >= 0.3 is 6.03 Å². The largest absolute Gasteiger partial charge is 0.329 e. The highest BCUT2D eigenvalue weighted by Gasteiger charge is 2.34. The molecule has 3 amide bonds. The molecule has 0 atom stereocenters. The molecule has 0 saturated carbocycles. The van der Waals surface area contributed by atoms with Crippen LogP contribution in [0.1, 0.15) is 48.8 Å². The lowest BCUT2D eigenvalue weighted by molar-refractivity contribution is -0.123. The van der Waals surface area contributed by atoms with Crippen LogP contribution in [0.5, 0.6) is 0 Å². The summed E-state index contributed by atoms with van der Waals surface area (Å²) in [6.45, 7) is 10.7. The van der Waals surface area contributed by atoms with E-state index in [1.54, 1.807) is 24.3 Å². The molecule has 0 aliphatic carbocycles. The maximum Gasteiger partial charge on any atom is 0.329 e. The standard InChI is InChI=1S/C27H27Cl2N3O2/c1-16-12-19(17(2)32(16)22-10-7-20(8-11-22)27(3,4)5)13-24-25(33)31(26(34)30-24)15-18-6-9-21(28)14-23(18)29/h6-14H,15H2,1-5H3,(H,30,34)/b24-13-. The zero-order chi connectivity index (χ0) is 24.8. The van der Waals surface area contributed by atoms with Crippen LogP contribution < -0.4 is 5.32 Å². The molecule has 1 aliphatic rings. The van der Waals surface area contributed by atoms with Gasteiger partial charge in [0.15, 0.2) is 0 Å². The summed E-state index contributed by atoms with van der Waals surface area (Å²) < 4.78 is 2.14. The third-order valence-electron chi connectivity index (χ3n) is 6.07. The van der Waals surface area contributed by atoms with Crippen molar-refractivity contribution in [3.8, 4) is 5.69 Å². The van der Waals surface area contributed by atoms with Gasteiger partial charge in [-0.25, -0.2) is 4.79 Å². The molecule has 0 unspecified atom stereocenters. The van der Waals surface area contributed by atoms with Gasteiger partial charge in [-0.1, -0.05) is 62.2 Å². The van der Waals surface area contributed by atoms with E-state index in [-0.39, 0.29) is 17.7 Å². The first kappa shape index (κ1) is 24.1. The number of halogens is 2. The van der Waals surface area contributed by atoms with Crippen LogP contribution in [0.25, 0.3) is 11.8 Å². The molecule has 176 valence electrons. The number of rotatable bonds is 4. The van der Waals surface area contributed by atoms with Crippen molar-refractivity contribution in [2.45, 2.75) is 46.6 Å². The molecular weight excluding hydrogens is 469 g/mol. The Hall–Kier alpha value is -3.02. The minimum absolute atomic E-state index is 0.0666. The van der Waals surface area contributed by atoms with E-state index >= 15 is 0 Å². The van der Waals surface area contributed by atoms with Crippen molar-refractivity contribution in [2.75, 3.05) is 0 Å². The predicted molar refractivity (Wildman–Crippen MR) is 137 cm³/mol. The van der Waals surface area contributed by atoms with Crippen molar-refractivity contribution >= 4 is 41.2 Å². The molecule has 1 aromatic heterocycles. The molecule has 3 aromatic rings. The van der Waals surface area contributed by atoms with Gasteiger partial charge in [0.2, 0.25) is 0 Å². The van der Waals surface area contributed by atoms with Crippen LogP contribution in [-0.4, -0.2) is 21.4 Å². The Labute approximate surface area is 210 Å². The minimum Gasteiger partial charge on any atom is -0.318 e. The van der Waals surface area contributed by atoms with Crippen LogP contribution in [0.2, 0.25) is 10.0 Å². The first-order valence-electron chi connectivity index (χ1n) is 11.0. The molecule has 7 heteroatoms. The van der Waals surface area contributed by atoms with Crippen LogP contribution in [0.15, 0.2) is 54.2 Å². The monoisotopic (exact) mass is 495 g/mol. The molecule has 2 heterocycles. The van der Waals surface area contributed by atoms with Crippen LogP contribution in [0.3, 0.4) is 0 Å². The van der Waals surface area contributed by atoms with E-state index in [1.165, 1.54) is 5.56 Å². The van der Waals surface area contributed by atoms with Crippen molar-refractivity contribution in [3.05, 3.63) is 92.4 Å². The van der Waals surface area contributed by atoms with Gasteiger partial charge in [-0.2, -0.15) is 0 Å². The van der Waals surface area contributed by atoms with Gasteiger partial charge in [-0.3, -0.25) is 9.69 Å². The van der Waals surface area contributed by atoms with Gasteiger partial charge in [-0.15, -0.1) is 0 Å². The smallest absolute Gasteiger partial charge is 0.318 e. The summed E-state index contributed by atoms with van der Waals surface area (Å²) in [4.78, 5) is 26.7. The number of hydrogen-bond donors (Lipinski definition) is 1. The van der Waals surface area contributed by atoms with Crippen molar-refractivity contribution in [1.29, 1.82) is 0 Å². The predicted octanol–water partition coefficient (Wildman–Crippen LogP) is 6.79. The van der Waals surface area contributed by atoms with E-state index in [4.69, 9.17) is 23.2 Å². The number of amides is 3. The van der Waals surface area contributed by atoms with Crippen LogP contribution in [-0.2, 0) is 16.8 Å². The summed E-state index contributed by atoms with van der Waals surface area (Å²) in [6.07, 6.45) is 1.73. The molecule has 1 fully saturated rings. The Morgan fingerprint density at radius 3 is 2.26 bits per heavy atom. The number of aryl methyl sites for hydroxylation is 1. The van der Waals surface area contributed by atoms with E-state index < -0.39 is 11.9 Å². The fourth-order valence-corrected chi connectivity index (χ4v) is 4.60. The van der Waals surface area contributed by atoms with Crippen LogP contribution >= 0.6 is 23.2 Å². The average molecular weight is 496 g/mol. The summed E-state index contributed by atoms with van der Waals surface area (Å²) in [5.41, 5.74) is 6.16. The topological polar surface area (TPSA) is 54.3 Å². The fourth-order valence-electron chi connectivity index (χ4n) is 4.13. The summed E-state index contributed by atoms with van der Waals surface area (Å²) in [6, 6.07) is 15.0. The Kier molecular flexibility index (Phi) is 6.36. The average Bonchev–Trinajstić information content (AvgIpc) is 3.18. The molecule has 1 saturated heterocycles. The first-order chi connectivity index (χ1) is 16.0. The Bertz CT molecular complexity index is 1310. The van der Waals surface area contributed by atoms with Gasteiger partial charge < -0.3 is 9.88 Å². The number of aromatic nitrogens is 1. The zero-order valence-corrected chi connectivity index (χ0v) is 21.4. The van der Waals surface area contributed by atoms with Gasteiger partial charge in [0.1, 0.15) is 5.70 Å². The molecule has 0 radical (unpaired) electrons. The number of hydrogen-bond acceptors (Lipinski definition) is 2. The van der Waals surface area contributed by atoms with Crippen molar-refractivity contribution in [3.63, 3.8) is 0 Å². The lowest BCUT2D eigenvalue weighted by Crippen LogP contribution is -2.30. The van der Waals surface area contributed by atoms with E-state index in [0.717, 1.165) is 27.5 Å². The third-order valence-corrected chi connectivity index (χ3v) is 6.65. The normalized spacial score (nSPS) is 15.4. The van der Waals surface area contributed by atoms with E-state index in [9.17, 15) is 9.59 Å². The molecule has 0 bridgehead atoms. The van der Waals surface area contributed by atoms with Crippen molar-refractivity contribution in [1.82, 2.24) is 14.8 Å². The highest BCUT2D eigenvalue weighted by Crippen LogP contribution is 2.28. The highest BCUT2D eigenvalue weighted by atomic mass is 35.5. The summed E-state index contributed by atoms with van der Waals surface area (Å²) in [5.74, 6) is -0.393. The minimum atomic E-state index is -0.478. The van der Waals surface area contributed by atoms with Gasteiger partial charge in [0.25, 0.3) is 5.91 Å². The lowest BCUT2D eigenvalue weighted by atomic mass is 9.87. The molecule has 5 nitrogen and oxygen atoms in total. The lowest BCUT2D eigenvalue weighted by Gasteiger charge is -2.20. The molecule has 1 N–H and O–H groups in total. The number of nitrogens with one attached hydrogen (secondary N) is 1. The first-order valence-corrected chi connectivity index (χ1v) is 11.8. The SMILES string of the molecule is Cc1cc(/C=C2\NC(=O)N(Cc3ccc(Cl)cc3Cl)C2=O)c(C)n1-c1ccc(C(C)(C)C)cc1. The third kappa shape index (κ3) is 4.63. The molecule has 0 spiro atoms. The second-order valence-corrected chi connectivity index (χ2v) is 10.4. The molecule has 1 aliphatic heterocycles. The number of imide groups is 1. The fraction of sp³-hybridized carbons (Fsp3) is 0.259. The molecular formula is C27H27Cl2N3O2. The maximum atomic E-state index is 13.0. The van der Waals surface area contributed by atoms with E-state index in [2.05, 4.69) is 54.9 Å². The van der Waals surface area contributed by atoms with Gasteiger partial charge in [-0.05, 0) is 72.4 Å². The number of carbonyl (C=O) groups is 2. The van der Waals surface area contributed by atoms with Gasteiger partial charge in [0, 0.05) is 27.1 Å². The number of nitrogens with zero attached hydrogens (tertiary/aromatic N) is 2. The summed E-state index contributed by atoms with van der Waals surface area (Å²) in [5, 5.41) is 3.60. The van der Waals surface area contributed by atoms with Gasteiger partial charge in [0.05, 0.1) is 6.54 Å². The molecule has 34 heavy (non-hydrogen) atoms. The van der Waals surface area contributed by atoms with Crippen LogP contribution in [0, 0.1) is 13.8 Å². The quantitative estimate of drug-likeness (QED) is 0.319. The van der Waals surface area contributed by atoms with Crippen LogP contribution in [0.4, 0.5) is 4.79 Å².